The molecule has 0 saturated carbocycles. The van der Waals surface area contributed by atoms with Crippen molar-refractivity contribution in [1.82, 2.24) is 0 Å². The lowest BCUT2D eigenvalue weighted by atomic mass is 9.81. The Hall–Kier alpha value is -7.68. The third-order valence-electron chi connectivity index (χ3n) is 12.5. The Kier molecular flexibility index (Phi) is 8.86. The predicted octanol–water partition coefficient (Wildman–Crippen LogP) is 16.6. The van der Waals surface area contributed by atoms with Crippen LogP contribution < -0.4 is 5.32 Å². The van der Waals surface area contributed by atoms with E-state index in [2.05, 4.69) is 213 Å². The first-order valence-corrected chi connectivity index (χ1v) is 21.1. The molecule has 1 N–H and O–H groups in total. The van der Waals surface area contributed by atoms with Gasteiger partial charge in [-0.2, -0.15) is 0 Å². The number of hydrogen-bond donors (Lipinski definition) is 1. The fourth-order valence-corrected chi connectivity index (χ4v) is 9.35. The van der Waals surface area contributed by atoms with Crippen LogP contribution in [0.4, 0.5) is 11.4 Å². The second-order valence-corrected chi connectivity index (χ2v) is 16.6. The number of hydrogen-bond acceptors (Lipinski definition) is 2. The van der Waals surface area contributed by atoms with Gasteiger partial charge >= 0.3 is 0 Å². The smallest absolute Gasteiger partial charge is 0.135 e. The van der Waals surface area contributed by atoms with Gasteiger partial charge in [0.2, 0.25) is 0 Å². The Bertz CT molecular complexity index is 3400. The quantitative estimate of drug-likeness (QED) is 0.176. The van der Waals surface area contributed by atoms with E-state index >= 15 is 0 Å². The van der Waals surface area contributed by atoms with Gasteiger partial charge in [-0.1, -0.05) is 178 Å². The Labute approximate surface area is 356 Å². The largest absolute Gasteiger partial charge is 0.456 e. The number of rotatable bonds is 5. The summed E-state index contributed by atoms with van der Waals surface area (Å²) in [6.07, 6.45) is 0. The summed E-state index contributed by atoms with van der Waals surface area (Å²) in [7, 11) is 0. The SMILES string of the molecule is CC1(C)c2cc(Nc3ccc(-c4cc5ccccc5c5ccccc45)cc3)ccc2-c2ccc(-c3ccccc3)cc21.c1ccc(-c2ccc3oc4ccccc4c3c2)cc1. The van der Waals surface area contributed by atoms with Crippen LogP contribution in [0.5, 0.6) is 0 Å². The first-order chi connectivity index (χ1) is 30.0. The topological polar surface area (TPSA) is 25.2 Å². The normalized spacial score (nSPS) is 12.6. The summed E-state index contributed by atoms with van der Waals surface area (Å²) in [5, 5.41) is 11.2. The maximum Gasteiger partial charge on any atom is 0.135 e. The monoisotopic (exact) mass is 781 g/mol. The number of furan rings is 1. The highest BCUT2D eigenvalue weighted by Crippen LogP contribution is 2.50. The van der Waals surface area contributed by atoms with Gasteiger partial charge in [-0.3, -0.25) is 0 Å². The summed E-state index contributed by atoms with van der Waals surface area (Å²) < 4.78 is 5.84. The van der Waals surface area contributed by atoms with Crippen LogP contribution in [0.1, 0.15) is 25.0 Å². The molecule has 61 heavy (non-hydrogen) atoms. The average molecular weight is 782 g/mol. The van der Waals surface area contributed by atoms with E-state index < -0.39 is 0 Å². The molecule has 0 amide bonds. The Morgan fingerprint density at radius 1 is 0.328 bits per heavy atom. The average Bonchev–Trinajstić information content (AvgIpc) is 3.80. The molecule has 1 heterocycles. The van der Waals surface area contributed by atoms with Gasteiger partial charge in [0.1, 0.15) is 11.2 Å². The molecule has 0 unspecified atom stereocenters. The number of benzene rings is 10. The first-order valence-electron chi connectivity index (χ1n) is 21.1. The van der Waals surface area contributed by atoms with Crippen LogP contribution in [0.2, 0.25) is 0 Å². The summed E-state index contributed by atoms with van der Waals surface area (Å²) in [4.78, 5) is 0. The molecule has 0 saturated heterocycles. The molecule has 2 heteroatoms. The van der Waals surface area contributed by atoms with Gasteiger partial charge in [-0.05, 0) is 132 Å². The Morgan fingerprint density at radius 2 is 0.852 bits per heavy atom. The molecule has 290 valence electrons. The van der Waals surface area contributed by atoms with Crippen LogP contribution in [0.15, 0.2) is 223 Å². The van der Waals surface area contributed by atoms with E-state index in [4.69, 9.17) is 4.42 Å². The fraction of sp³-hybridized carbons (Fsp3) is 0.0508. The first kappa shape index (κ1) is 36.4. The lowest BCUT2D eigenvalue weighted by molar-refractivity contribution is 0.661. The Balaban J connectivity index is 0.000000184. The van der Waals surface area contributed by atoms with Crippen molar-refractivity contribution in [2.24, 2.45) is 0 Å². The maximum absolute atomic E-state index is 5.84. The highest BCUT2D eigenvalue weighted by atomic mass is 16.3. The molecule has 1 aliphatic carbocycles. The summed E-state index contributed by atoms with van der Waals surface area (Å²) in [5.74, 6) is 0. The summed E-state index contributed by atoms with van der Waals surface area (Å²) >= 11 is 0. The minimum Gasteiger partial charge on any atom is -0.456 e. The number of para-hydroxylation sites is 1. The number of fused-ring (bicyclic) bond motifs is 9. The van der Waals surface area contributed by atoms with Crippen molar-refractivity contribution in [3.63, 3.8) is 0 Å². The molecule has 0 radical (unpaired) electrons. The van der Waals surface area contributed by atoms with E-state index in [0.29, 0.717) is 0 Å². The molecule has 2 nitrogen and oxygen atoms in total. The molecule has 10 aromatic carbocycles. The van der Waals surface area contributed by atoms with E-state index in [1.54, 1.807) is 0 Å². The fourth-order valence-electron chi connectivity index (χ4n) is 9.35. The Morgan fingerprint density at radius 3 is 1.59 bits per heavy atom. The van der Waals surface area contributed by atoms with Crippen molar-refractivity contribution in [2.75, 3.05) is 5.32 Å². The highest BCUT2D eigenvalue weighted by Gasteiger charge is 2.35. The van der Waals surface area contributed by atoms with Crippen LogP contribution in [0, 0.1) is 0 Å². The number of nitrogens with one attached hydrogen (secondary N) is 1. The van der Waals surface area contributed by atoms with Crippen LogP contribution >= 0.6 is 0 Å². The van der Waals surface area contributed by atoms with Crippen LogP contribution in [0.25, 0.3) is 88.0 Å². The number of anilines is 2. The van der Waals surface area contributed by atoms with Crippen molar-refractivity contribution in [2.45, 2.75) is 19.3 Å². The second-order valence-electron chi connectivity index (χ2n) is 16.6. The van der Waals surface area contributed by atoms with Gasteiger partial charge in [0.25, 0.3) is 0 Å². The maximum atomic E-state index is 5.84. The van der Waals surface area contributed by atoms with Gasteiger partial charge in [0.05, 0.1) is 0 Å². The van der Waals surface area contributed by atoms with Crippen molar-refractivity contribution >= 4 is 54.9 Å². The lowest BCUT2D eigenvalue weighted by Gasteiger charge is -2.23. The minimum atomic E-state index is -0.0753. The van der Waals surface area contributed by atoms with Crippen LogP contribution in [-0.4, -0.2) is 0 Å². The highest BCUT2D eigenvalue weighted by molar-refractivity contribution is 6.13. The van der Waals surface area contributed by atoms with E-state index in [1.807, 2.05) is 24.3 Å². The van der Waals surface area contributed by atoms with Crippen molar-refractivity contribution in [1.29, 1.82) is 0 Å². The predicted molar refractivity (Wildman–Crippen MR) is 259 cm³/mol. The van der Waals surface area contributed by atoms with E-state index in [-0.39, 0.29) is 5.41 Å². The van der Waals surface area contributed by atoms with E-state index in [1.165, 1.54) is 88.0 Å². The molecular formula is C59H43NO. The van der Waals surface area contributed by atoms with Gasteiger partial charge < -0.3 is 9.73 Å². The van der Waals surface area contributed by atoms with Gasteiger partial charge in [-0.15, -0.1) is 0 Å². The van der Waals surface area contributed by atoms with Gasteiger partial charge in [0, 0.05) is 27.6 Å². The van der Waals surface area contributed by atoms with Crippen molar-refractivity contribution < 1.29 is 4.42 Å². The molecule has 0 spiro atoms. The molecule has 0 bridgehead atoms. The summed E-state index contributed by atoms with van der Waals surface area (Å²) in [5.41, 5.74) is 16.9. The molecule has 1 aliphatic rings. The molecule has 11 aromatic rings. The standard InChI is InChI=1S/C41H31N.C18H12O/c1-41(2)39-25-29(27-10-4-3-5-11-27)18-22-36(39)37-23-21-32(26-40(37)41)42-31-19-16-28(17-20-31)38-24-30-12-6-7-13-33(30)34-14-8-9-15-35(34)38;1-2-6-13(7-3-1)14-10-11-18-16(12-14)15-8-4-5-9-17(15)19-18/h3-26,42H,1-2H3;1-12H. The third kappa shape index (κ3) is 6.54. The van der Waals surface area contributed by atoms with Crippen molar-refractivity contribution in [3.05, 3.63) is 230 Å². The molecule has 1 aromatic heterocycles. The lowest BCUT2D eigenvalue weighted by Crippen LogP contribution is -2.15. The zero-order valence-corrected chi connectivity index (χ0v) is 34.2. The van der Waals surface area contributed by atoms with Gasteiger partial charge in [-0.25, -0.2) is 0 Å². The summed E-state index contributed by atoms with van der Waals surface area (Å²) in [6.45, 7) is 4.69. The molecular weight excluding hydrogens is 739 g/mol. The molecule has 12 rings (SSSR count). The molecule has 0 fully saturated rings. The van der Waals surface area contributed by atoms with Gasteiger partial charge in [0.15, 0.2) is 0 Å². The van der Waals surface area contributed by atoms with Crippen LogP contribution in [0.3, 0.4) is 0 Å². The molecule has 0 aliphatic heterocycles. The molecule has 0 atom stereocenters. The van der Waals surface area contributed by atoms with Crippen molar-refractivity contribution in [3.8, 4) is 44.5 Å². The third-order valence-corrected chi connectivity index (χ3v) is 12.5. The zero-order chi connectivity index (χ0) is 40.9. The zero-order valence-electron chi connectivity index (χ0n) is 34.2. The van der Waals surface area contributed by atoms with E-state index in [9.17, 15) is 0 Å². The van der Waals surface area contributed by atoms with Crippen LogP contribution in [-0.2, 0) is 5.41 Å². The van der Waals surface area contributed by atoms with E-state index in [0.717, 1.165) is 22.5 Å². The minimum absolute atomic E-state index is 0.0753. The second kappa shape index (κ2) is 14.9. The summed E-state index contributed by atoms with van der Waals surface area (Å²) in [6, 6.07) is 77.9.